The number of nitrogens with zero attached hydrogens (tertiary/aromatic N) is 4. The number of methoxy groups -OCH3 is 2. The predicted molar refractivity (Wildman–Crippen MR) is 134 cm³/mol. The molecule has 0 aliphatic carbocycles. The third-order valence-electron chi connectivity index (χ3n) is 6.06. The van der Waals surface area contributed by atoms with Crippen LogP contribution in [0.25, 0.3) is 5.69 Å². The number of aromatic nitrogens is 4. The van der Waals surface area contributed by atoms with E-state index in [0.29, 0.717) is 46.9 Å². The van der Waals surface area contributed by atoms with Crippen molar-refractivity contribution in [1.82, 2.24) is 19.7 Å². The summed E-state index contributed by atoms with van der Waals surface area (Å²) < 4.78 is 53.7. The van der Waals surface area contributed by atoms with Crippen molar-refractivity contribution in [2.24, 2.45) is 0 Å². The van der Waals surface area contributed by atoms with E-state index < -0.39 is 27.3 Å². The summed E-state index contributed by atoms with van der Waals surface area (Å²) in [5.74, 6) is 0.727. The molecule has 1 N–H and O–H groups in total. The normalized spacial score (nSPS) is 17.9. The molecule has 3 aromatic rings. The molecular formula is C23H28ClN5O6S. The van der Waals surface area contributed by atoms with Crippen LogP contribution in [0, 0.1) is 0 Å². The third-order valence-corrected chi connectivity index (χ3v) is 8.14. The van der Waals surface area contributed by atoms with Gasteiger partial charge in [-0.3, -0.25) is 14.3 Å². The smallest absolute Gasteiger partial charge is 0.243 e. The third kappa shape index (κ3) is 5.26. The van der Waals surface area contributed by atoms with Crippen molar-refractivity contribution < 1.29 is 27.4 Å². The minimum atomic E-state index is -3.96. The second-order valence-corrected chi connectivity index (χ2v) is 10.7. The van der Waals surface area contributed by atoms with E-state index in [9.17, 15) is 8.42 Å². The molecule has 0 saturated carbocycles. The number of hydrogen-bond donors (Lipinski definition) is 1. The number of para-hydroxylation sites is 1. The average molecular weight is 538 g/mol. The molecule has 4 rings (SSSR count). The number of ether oxygens (including phenoxy) is 4. The van der Waals surface area contributed by atoms with Gasteiger partial charge in [-0.1, -0.05) is 24.6 Å². The van der Waals surface area contributed by atoms with Gasteiger partial charge in [-0.25, -0.2) is 8.42 Å². The maximum absolute atomic E-state index is 13.5. The zero-order valence-electron chi connectivity index (χ0n) is 20.3. The van der Waals surface area contributed by atoms with Gasteiger partial charge in [0.05, 0.1) is 44.3 Å². The van der Waals surface area contributed by atoms with Crippen molar-refractivity contribution in [2.75, 3.05) is 38.8 Å². The van der Waals surface area contributed by atoms with Crippen LogP contribution in [0.5, 0.6) is 11.5 Å². The summed E-state index contributed by atoms with van der Waals surface area (Å²) in [5.41, 5.74) is 1.02. The van der Waals surface area contributed by atoms with E-state index in [1.165, 1.54) is 25.0 Å². The van der Waals surface area contributed by atoms with Crippen molar-refractivity contribution in [1.29, 1.82) is 0 Å². The van der Waals surface area contributed by atoms with Gasteiger partial charge in [-0.05, 0) is 31.2 Å². The molecule has 36 heavy (non-hydrogen) atoms. The predicted octanol–water partition coefficient (Wildman–Crippen LogP) is 3.35. The minimum absolute atomic E-state index is 0.0370. The first-order valence-electron chi connectivity index (χ1n) is 11.3. The summed E-state index contributed by atoms with van der Waals surface area (Å²) in [7, 11) is -0.940. The number of halogens is 1. The highest BCUT2D eigenvalue weighted by Gasteiger charge is 2.33. The zero-order valence-corrected chi connectivity index (χ0v) is 21.9. The lowest BCUT2D eigenvalue weighted by molar-refractivity contribution is -0.0941. The summed E-state index contributed by atoms with van der Waals surface area (Å²) in [5, 5.41) is 8.04. The van der Waals surface area contributed by atoms with Crippen LogP contribution in [-0.4, -0.2) is 67.5 Å². The Balaban J connectivity index is 1.77. The van der Waals surface area contributed by atoms with Crippen LogP contribution in [0.3, 0.4) is 0 Å². The number of rotatable bonds is 9. The quantitative estimate of drug-likeness (QED) is 0.437. The van der Waals surface area contributed by atoms with Crippen molar-refractivity contribution in [2.45, 2.75) is 31.1 Å². The molecular weight excluding hydrogens is 510 g/mol. The zero-order chi connectivity index (χ0) is 25.9. The van der Waals surface area contributed by atoms with Gasteiger partial charge >= 0.3 is 0 Å². The second kappa shape index (κ2) is 11.0. The molecule has 0 amide bonds. The van der Waals surface area contributed by atoms with Gasteiger partial charge in [0, 0.05) is 17.8 Å². The minimum Gasteiger partial charge on any atom is -0.494 e. The van der Waals surface area contributed by atoms with E-state index in [2.05, 4.69) is 19.9 Å². The fourth-order valence-corrected chi connectivity index (χ4v) is 5.23. The summed E-state index contributed by atoms with van der Waals surface area (Å²) >= 11 is 5.93. The number of anilines is 1. The van der Waals surface area contributed by atoms with Crippen LogP contribution >= 0.6 is 11.6 Å². The topological polar surface area (TPSA) is 127 Å². The molecule has 1 saturated heterocycles. The Morgan fingerprint density at radius 1 is 1.11 bits per heavy atom. The van der Waals surface area contributed by atoms with Crippen LogP contribution in [0.1, 0.15) is 37.4 Å². The molecule has 1 aliphatic heterocycles. The molecule has 3 heterocycles. The molecule has 3 atom stereocenters. The lowest BCUT2D eigenvalue weighted by Crippen LogP contribution is -2.31. The number of hydrogen-bond acceptors (Lipinski definition) is 9. The summed E-state index contributed by atoms with van der Waals surface area (Å²) in [6, 6.07) is 8.61. The molecule has 13 heteroatoms. The van der Waals surface area contributed by atoms with Gasteiger partial charge in [0.2, 0.25) is 16.0 Å². The first-order chi connectivity index (χ1) is 17.3. The Kier molecular flexibility index (Phi) is 7.98. The molecule has 0 unspecified atom stereocenters. The Morgan fingerprint density at radius 2 is 1.83 bits per heavy atom. The highest BCUT2D eigenvalue weighted by molar-refractivity contribution is 7.93. The van der Waals surface area contributed by atoms with Crippen LogP contribution in [0.2, 0.25) is 5.02 Å². The molecule has 1 aromatic carbocycles. The Labute approximate surface area is 214 Å². The highest BCUT2D eigenvalue weighted by Crippen LogP contribution is 2.37. The lowest BCUT2D eigenvalue weighted by Gasteiger charge is -2.25. The van der Waals surface area contributed by atoms with Gasteiger partial charge in [-0.2, -0.15) is 0 Å². The monoisotopic (exact) mass is 537 g/mol. The van der Waals surface area contributed by atoms with Crippen molar-refractivity contribution >= 4 is 27.6 Å². The molecule has 1 aliphatic rings. The fourth-order valence-electron chi connectivity index (χ4n) is 3.87. The maximum Gasteiger partial charge on any atom is 0.243 e. The van der Waals surface area contributed by atoms with Gasteiger partial charge in [0.25, 0.3) is 0 Å². The van der Waals surface area contributed by atoms with Crippen LogP contribution in [-0.2, 0) is 19.5 Å². The van der Waals surface area contributed by atoms with Gasteiger partial charge in [-0.15, -0.1) is 10.2 Å². The summed E-state index contributed by atoms with van der Waals surface area (Å²) in [4.78, 5) is 4.27. The second-order valence-electron chi connectivity index (χ2n) is 8.20. The number of nitrogens with one attached hydrogen (secondary N) is 1. The van der Waals surface area contributed by atoms with Crippen LogP contribution in [0.15, 0.2) is 36.5 Å². The van der Waals surface area contributed by atoms with E-state index in [1.807, 2.05) is 0 Å². The summed E-state index contributed by atoms with van der Waals surface area (Å²) in [6.07, 6.45) is 0.914. The van der Waals surface area contributed by atoms with Crippen LogP contribution < -0.4 is 14.2 Å². The average Bonchev–Trinajstić information content (AvgIpc) is 3.30. The SMILES string of the molecule is COc1cccc(OC)c1-n1c(NS(=O)(=O)[C@@H](C)[C@H](C)c2ccc(Cl)cn2)nnc1[C@@H]1COCCO1. The highest BCUT2D eigenvalue weighted by atomic mass is 35.5. The molecule has 0 bridgehead atoms. The lowest BCUT2D eigenvalue weighted by atomic mass is 10.0. The van der Waals surface area contributed by atoms with Crippen LogP contribution in [0.4, 0.5) is 5.95 Å². The molecule has 11 nitrogen and oxygen atoms in total. The van der Waals surface area contributed by atoms with E-state index in [-0.39, 0.29) is 12.6 Å². The van der Waals surface area contributed by atoms with E-state index >= 15 is 0 Å². The van der Waals surface area contributed by atoms with Gasteiger partial charge < -0.3 is 18.9 Å². The van der Waals surface area contributed by atoms with E-state index in [1.54, 1.807) is 44.2 Å². The molecule has 1 fully saturated rings. The molecule has 0 spiro atoms. The van der Waals surface area contributed by atoms with E-state index in [0.717, 1.165) is 0 Å². The number of pyridine rings is 1. The Bertz CT molecular complexity index is 1270. The van der Waals surface area contributed by atoms with Gasteiger partial charge in [0.1, 0.15) is 23.3 Å². The number of benzene rings is 1. The summed E-state index contributed by atoms with van der Waals surface area (Å²) in [6.45, 7) is 4.44. The first-order valence-corrected chi connectivity index (χ1v) is 13.2. The molecule has 2 aromatic heterocycles. The molecule has 0 radical (unpaired) electrons. The standard InChI is InChI=1S/C23H28ClN5O6S/c1-14(17-9-8-16(24)12-25-17)15(2)36(30,31)28-23-27-26-22(20-13-34-10-11-35-20)29(23)21-18(32-3)6-5-7-19(21)33-4/h5-9,12,14-15,20H,10-11,13H2,1-4H3,(H,27,28)/t14-,15-,20-/m0/s1. The van der Waals surface area contributed by atoms with Crippen molar-refractivity contribution in [3.63, 3.8) is 0 Å². The van der Waals surface area contributed by atoms with Gasteiger partial charge in [0.15, 0.2) is 5.82 Å². The Morgan fingerprint density at radius 3 is 2.42 bits per heavy atom. The van der Waals surface area contributed by atoms with Crippen molar-refractivity contribution in [3.8, 4) is 17.2 Å². The van der Waals surface area contributed by atoms with E-state index in [4.69, 9.17) is 30.5 Å². The maximum atomic E-state index is 13.5. The first kappa shape index (κ1) is 26.1. The van der Waals surface area contributed by atoms with Crippen molar-refractivity contribution in [3.05, 3.63) is 53.1 Å². The number of sulfonamides is 1. The largest absolute Gasteiger partial charge is 0.494 e. The fraction of sp³-hybridized carbons (Fsp3) is 0.435. The molecule has 194 valence electrons. The Hall–Kier alpha value is -2.93.